The van der Waals surface area contributed by atoms with Crippen molar-refractivity contribution in [3.8, 4) is 11.5 Å². The molecule has 0 radical (unpaired) electrons. The number of hydrogen-bond donors (Lipinski definition) is 1. The first-order chi connectivity index (χ1) is 12.5. The van der Waals surface area contributed by atoms with Gasteiger partial charge >= 0.3 is 7.75 Å². The van der Waals surface area contributed by atoms with Gasteiger partial charge in [0.05, 0.1) is 0 Å². The SMILES string of the molecule is Cc1cccc(NP(=O)(Oc2ccccc2F)Oc2ccccc2F)c1. The summed E-state index contributed by atoms with van der Waals surface area (Å²) in [4.78, 5) is 0. The van der Waals surface area contributed by atoms with E-state index >= 15 is 0 Å². The molecule has 0 aliphatic heterocycles. The highest BCUT2D eigenvalue weighted by molar-refractivity contribution is 7.56. The molecule has 1 N–H and O–H groups in total. The Hall–Kier alpha value is -2.85. The molecule has 0 aliphatic rings. The Morgan fingerprint density at radius 2 is 1.35 bits per heavy atom. The van der Waals surface area contributed by atoms with Crippen LogP contribution in [-0.2, 0) is 4.57 Å². The zero-order chi connectivity index (χ0) is 18.6. The molecule has 0 saturated carbocycles. The van der Waals surface area contributed by atoms with Gasteiger partial charge < -0.3 is 9.05 Å². The van der Waals surface area contributed by atoms with Gasteiger partial charge in [-0.25, -0.2) is 13.3 Å². The standard InChI is InChI=1S/C19H16F2NO3P/c1-14-7-6-8-15(13-14)22-26(23,24-18-11-4-2-9-16(18)20)25-19-12-5-3-10-17(19)21/h2-13H,1H3,(H,22,23). The van der Waals surface area contributed by atoms with Crippen molar-refractivity contribution in [2.75, 3.05) is 5.09 Å². The van der Waals surface area contributed by atoms with Crippen molar-refractivity contribution in [1.29, 1.82) is 0 Å². The molecule has 0 spiro atoms. The maximum Gasteiger partial charge on any atom is 0.541 e. The van der Waals surface area contributed by atoms with Gasteiger partial charge in [0.2, 0.25) is 0 Å². The van der Waals surface area contributed by atoms with E-state index in [4.69, 9.17) is 9.05 Å². The molecule has 0 saturated heterocycles. The molecule has 0 fully saturated rings. The summed E-state index contributed by atoms with van der Waals surface area (Å²) in [7, 11) is -4.19. The van der Waals surface area contributed by atoms with Crippen molar-refractivity contribution in [2.24, 2.45) is 0 Å². The third-order valence-electron chi connectivity index (χ3n) is 3.39. The van der Waals surface area contributed by atoms with Crippen molar-refractivity contribution in [2.45, 2.75) is 6.92 Å². The van der Waals surface area contributed by atoms with Crippen LogP contribution in [0.2, 0.25) is 0 Å². The molecule has 0 aromatic heterocycles. The summed E-state index contributed by atoms with van der Waals surface area (Å²) in [6.07, 6.45) is 0. The van der Waals surface area contributed by atoms with Crippen LogP contribution >= 0.6 is 7.75 Å². The highest BCUT2D eigenvalue weighted by atomic mass is 31.2. The minimum atomic E-state index is -4.19. The fourth-order valence-electron chi connectivity index (χ4n) is 2.23. The van der Waals surface area contributed by atoms with E-state index in [1.54, 1.807) is 18.2 Å². The first-order valence-corrected chi connectivity index (χ1v) is 9.33. The van der Waals surface area contributed by atoms with Gasteiger partial charge in [-0.3, -0.25) is 5.09 Å². The molecule has 0 aliphatic carbocycles. The fraction of sp³-hybridized carbons (Fsp3) is 0.0526. The lowest BCUT2D eigenvalue weighted by molar-refractivity contribution is 0.373. The Kier molecular flexibility index (Phi) is 5.24. The van der Waals surface area contributed by atoms with Gasteiger partial charge in [-0.15, -0.1) is 0 Å². The van der Waals surface area contributed by atoms with E-state index in [2.05, 4.69) is 5.09 Å². The Balaban J connectivity index is 1.96. The molecule has 4 nitrogen and oxygen atoms in total. The van der Waals surface area contributed by atoms with Crippen molar-refractivity contribution in [3.63, 3.8) is 0 Å². The van der Waals surface area contributed by atoms with Crippen LogP contribution in [0.25, 0.3) is 0 Å². The lowest BCUT2D eigenvalue weighted by atomic mass is 10.2. The largest absolute Gasteiger partial charge is 0.541 e. The van der Waals surface area contributed by atoms with Gasteiger partial charge in [0, 0.05) is 5.69 Å². The molecule has 0 unspecified atom stereocenters. The van der Waals surface area contributed by atoms with Gasteiger partial charge in [-0.2, -0.15) is 0 Å². The van der Waals surface area contributed by atoms with Crippen molar-refractivity contribution < 1.29 is 22.4 Å². The lowest BCUT2D eigenvalue weighted by Crippen LogP contribution is -2.11. The van der Waals surface area contributed by atoms with Gasteiger partial charge in [0.1, 0.15) is 0 Å². The Labute approximate surface area is 150 Å². The molecule has 26 heavy (non-hydrogen) atoms. The molecular weight excluding hydrogens is 359 g/mol. The van der Waals surface area contributed by atoms with Crippen LogP contribution in [0.1, 0.15) is 5.56 Å². The predicted octanol–water partition coefficient (Wildman–Crippen LogP) is 5.95. The Bertz CT molecular complexity index is 913. The van der Waals surface area contributed by atoms with Crippen LogP contribution in [-0.4, -0.2) is 0 Å². The Morgan fingerprint density at radius 3 is 1.85 bits per heavy atom. The predicted molar refractivity (Wildman–Crippen MR) is 96.5 cm³/mol. The van der Waals surface area contributed by atoms with E-state index in [0.717, 1.165) is 17.7 Å². The molecule has 134 valence electrons. The first kappa shape index (κ1) is 18.0. The molecule has 7 heteroatoms. The van der Waals surface area contributed by atoms with Crippen LogP contribution in [0.4, 0.5) is 14.5 Å². The van der Waals surface area contributed by atoms with Crippen LogP contribution in [0, 0.1) is 18.6 Å². The van der Waals surface area contributed by atoms with Crippen molar-refractivity contribution in [3.05, 3.63) is 90.0 Å². The summed E-state index contributed by atoms with van der Waals surface area (Å²) in [6.45, 7) is 1.85. The summed E-state index contributed by atoms with van der Waals surface area (Å²) < 4.78 is 51.8. The fourth-order valence-corrected chi connectivity index (χ4v) is 3.63. The molecule has 3 rings (SSSR count). The van der Waals surface area contributed by atoms with E-state index in [1.807, 2.05) is 13.0 Å². The minimum Gasteiger partial charge on any atom is -0.397 e. The molecular formula is C19H16F2NO3P. The van der Waals surface area contributed by atoms with Gasteiger partial charge in [-0.1, -0.05) is 36.4 Å². The number of nitrogens with one attached hydrogen (secondary N) is 1. The quantitative estimate of drug-likeness (QED) is 0.541. The second-order valence-corrected chi connectivity index (χ2v) is 7.11. The van der Waals surface area contributed by atoms with Crippen LogP contribution in [0.5, 0.6) is 11.5 Å². The van der Waals surface area contributed by atoms with Crippen LogP contribution in [0.3, 0.4) is 0 Å². The normalized spacial score (nSPS) is 11.0. The van der Waals surface area contributed by atoms with E-state index < -0.39 is 19.4 Å². The molecule has 0 bridgehead atoms. The minimum absolute atomic E-state index is 0.271. The number of halogens is 2. The maximum atomic E-state index is 13.9. The molecule has 0 amide bonds. The maximum absolute atomic E-state index is 13.9. The highest BCUT2D eigenvalue weighted by Gasteiger charge is 2.31. The molecule has 0 atom stereocenters. The highest BCUT2D eigenvalue weighted by Crippen LogP contribution is 2.49. The summed E-state index contributed by atoms with van der Waals surface area (Å²) in [6, 6.07) is 17.9. The number of para-hydroxylation sites is 2. The number of rotatable bonds is 6. The average molecular weight is 375 g/mol. The van der Waals surface area contributed by atoms with Gasteiger partial charge in [0.15, 0.2) is 23.1 Å². The second kappa shape index (κ2) is 7.58. The number of hydrogen-bond acceptors (Lipinski definition) is 3. The van der Waals surface area contributed by atoms with Gasteiger partial charge in [0.25, 0.3) is 0 Å². The summed E-state index contributed by atoms with van der Waals surface area (Å²) in [5.41, 5.74) is 1.33. The molecule has 3 aromatic carbocycles. The molecule has 0 heterocycles. The van der Waals surface area contributed by atoms with Gasteiger partial charge in [-0.05, 0) is 48.9 Å². The first-order valence-electron chi connectivity index (χ1n) is 7.78. The monoisotopic (exact) mass is 375 g/mol. The van der Waals surface area contributed by atoms with Crippen molar-refractivity contribution in [1.82, 2.24) is 0 Å². The summed E-state index contributed by atoms with van der Waals surface area (Å²) in [5, 5.41) is 2.63. The van der Waals surface area contributed by atoms with Crippen LogP contribution in [0.15, 0.2) is 72.8 Å². The smallest absolute Gasteiger partial charge is 0.397 e. The number of anilines is 1. The van der Waals surface area contributed by atoms with E-state index in [1.165, 1.54) is 36.4 Å². The Morgan fingerprint density at radius 1 is 0.808 bits per heavy atom. The van der Waals surface area contributed by atoms with E-state index in [-0.39, 0.29) is 11.5 Å². The topological polar surface area (TPSA) is 47.6 Å². The zero-order valence-electron chi connectivity index (χ0n) is 13.9. The third kappa shape index (κ3) is 4.41. The van der Waals surface area contributed by atoms with E-state index in [9.17, 15) is 13.3 Å². The summed E-state index contributed by atoms with van der Waals surface area (Å²) >= 11 is 0. The number of aryl methyl sites for hydroxylation is 1. The average Bonchev–Trinajstić information content (AvgIpc) is 2.59. The second-order valence-electron chi connectivity index (χ2n) is 5.52. The third-order valence-corrected chi connectivity index (χ3v) is 4.80. The zero-order valence-corrected chi connectivity index (χ0v) is 14.8. The lowest BCUT2D eigenvalue weighted by Gasteiger charge is -2.21. The van der Waals surface area contributed by atoms with Crippen LogP contribution < -0.4 is 14.1 Å². The molecule has 3 aromatic rings. The number of benzene rings is 3. The van der Waals surface area contributed by atoms with E-state index in [0.29, 0.717) is 5.69 Å². The summed E-state index contributed by atoms with van der Waals surface area (Å²) in [5.74, 6) is -1.97. The van der Waals surface area contributed by atoms with Crippen molar-refractivity contribution >= 4 is 13.4 Å².